The average molecular weight is 360 g/mol. The second-order valence-electron chi connectivity index (χ2n) is 4.56. The Morgan fingerprint density at radius 3 is 2.86 bits per heavy atom. The van der Waals surface area contributed by atoms with Crippen molar-refractivity contribution in [1.82, 2.24) is 10.2 Å². The Morgan fingerprint density at radius 2 is 2.24 bits per heavy atom. The zero-order valence-electron chi connectivity index (χ0n) is 12.0. The standard InChI is InChI=1S/C13H18BrN3O4/c1-16(9-13(18)15-5-6-21-2)8-10-3-4-11(14)12(7-10)17(19)20/h3-4,7H,5-6,8-9H2,1-2H3,(H,15,18). The molecule has 0 atom stereocenters. The number of carbonyl (C=O) groups is 1. The van der Waals surface area contributed by atoms with Crippen LogP contribution in [0.1, 0.15) is 5.56 Å². The highest BCUT2D eigenvalue weighted by Gasteiger charge is 2.14. The van der Waals surface area contributed by atoms with E-state index in [2.05, 4.69) is 21.2 Å². The molecule has 7 nitrogen and oxygen atoms in total. The molecule has 0 saturated carbocycles. The van der Waals surface area contributed by atoms with Crippen molar-refractivity contribution < 1.29 is 14.5 Å². The fourth-order valence-electron chi connectivity index (χ4n) is 1.76. The number of rotatable bonds is 8. The van der Waals surface area contributed by atoms with Gasteiger partial charge in [0.05, 0.1) is 22.5 Å². The maximum absolute atomic E-state index is 11.6. The summed E-state index contributed by atoms with van der Waals surface area (Å²) >= 11 is 3.14. The molecule has 1 aromatic carbocycles. The van der Waals surface area contributed by atoms with E-state index in [0.717, 1.165) is 5.56 Å². The maximum atomic E-state index is 11.6. The van der Waals surface area contributed by atoms with E-state index in [1.54, 1.807) is 31.2 Å². The predicted octanol–water partition coefficient (Wildman–Crippen LogP) is 1.55. The zero-order chi connectivity index (χ0) is 15.8. The number of hydrogen-bond donors (Lipinski definition) is 1. The quantitative estimate of drug-likeness (QED) is 0.432. The largest absolute Gasteiger partial charge is 0.383 e. The first-order chi connectivity index (χ1) is 9.93. The van der Waals surface area contributed by atoms with E-state index in [1.165, 1.54) is 6.07 Å². The first-order valence-corrected chi connectivity index (χ1v) is 7.10. The Bertz CT molecular complexity index is 510. The number of carbonyl (C=O) groups excluding carboxylic acids is 1. The average Bonchev–Trinajstić information content (AvgIpc) is 2.40. The molecule has 0 saturated heterocycles. The summed E-state index contributed by atoms with van der Waals surface area (Å²) in [5.74, 6) is -0.110. The molecule has 0 fully saturated rings. The van der Waals surface area contributed by atoms with Gasteiger partial charge in [-0.15, -0.1) is 0 Å². The molecule has 0 radical (unpaired) electrons. The number of benzene rings is 1. The van der Waals surface area contributed by atoms with Crippen LogP contribution >= 0.6 is 15.9 Å². The summed E-state index contributed by atoms with van der Waals surface area (Å²) in [4.78, 5) is 23.8. The minimum atomic E-state index is -0.439. The Kier molecular flexibility index (Phi) is 7.27. The number of nitrogens with one attached hydrogen (secondary N) is 1. The van der Waals surface area contributed by atoms with Crippen LogP contribution in [0.2, 0.25) is 0 Å². The molecule has 1 N–H and O–H groups in total. The summed E-state index contributed by atoms with van der Waals surface area (Å²) in [5, 5.41) is 13.6. The summed E-state index contributed by atoms with van der Waals surface area (Å²) < 4.78 is 5.28. The first-order valence-electron chi connectivity index (χ1n) is 6.31. The van der Waals surface area contributed by atoms with Gasteiger partial charge in [-0.3, -0.25) is 19.8 Å². The minimum Gasteiger partial charge on any atom is -0.383 e. The fourth-order valence-corrected chi connectivity index (χ4v) is 2.15. The summed E-state index contributed by atoms with van der Waals surface area (Å²) in [6, 6.07) is 4.93. The maximum Gasteiger partial charge on any atom is 0.283 e. The molecule has 0 aliphatic rings. The smallest absolute Gasteiger partial charge is 0.283 e. The molecule has 0 heterocycles. The van der Waals surface area contributed by atoms with Crippen molar-refractivity contribution in [3.8, 4) is 0 Å². The van der Waals surface area contributed by atoms with E-state index < -0.39 is 4.92 Å². The highest BCUT2D eigenvalue weighted by molar-refractivity contribution is 9.10. The molecule has 8 heteroatoms. The van der Waals surface area contributed by atoms with Crippen LogP contribution < -0.4 is 5.32 Å². The zero-order valence-corrected chi connectivity index (χ0v) is 13.6. The molecule has 0 bridgehead atoms. The number of methoxy groups -OCH3 is 1. The van der Waals surface area contributed by atoms with E-state index in [-0.39, 0.29) is 18.1 Å². The van der Waals surface area contributed by atoms with Crippen LogP contribution in [-0.2, 0) is 16.1 Å². The molecular formula is C13H18BrN3O4. The third kappa shape index (κ3) is 6.19. The molecule has 0 spiro atoms. The van der Waals surface area contributed by atoms with Crippen molar-refractivity contribution in [2.75, 3.05) is 33.9 Å². The van der Waals surface area contributed by atoms with E-state index in [1.807, 2.05) is 0 Å². The van der Waals surface area contributed by atoms with Gasteiger partial charge in [0.15, 0.2) is 0 Å². The van der Waals surface area contributed by atoms with Crippen LogP contribution in [0.25, 0.3) is 0 Å². The minimum absolute atomic E-state index is 0.0189. The van der Waals surface area contributed by atoms with Gasteiger partial charge in [-0.2, -0.15) is 0 Å². The lowest BCUT2D eigenvalue weighted by Crippen LogP contribution is -2.36. The Balaban J connectivity index is 2.54. The van der Waals surface area contributed by atoms with Crippen LogP contribution in [0.5, 0.6) is 0 Å². The van der Waals surface area contributed by atoms with E-state index in [4.69, 9.17) is 4.74 Å². The molecule has 1 aromatic rings. The van der Waals surface area contributed by atoms with E-state index in [9.17, 15) is 14.9 Å². The van der Waals surface area contributed by atoms with E-state index >= 15 is 0 Å². The Hall–Kier alpha value is -1.51. The number of ether oxygens (including phenoxy) is 1. The molecule has 0 aromatic heterocycles. The predicted molar refractivity (Wildman–Crippen MR) is 82.0 cm³/mol. The lowest BCUT2D eigenvalue weighted by atomic mass is 10.2. The molecule has 0 aliphatic heterocycles. The number of halogens is 1. The summed E-state index contributed by atoms with van der Waals surface area (Å²) in [6.45, 7) is 1.60. The Morgan fingerprint density at radius 1 is 1.52 bits per heavy atom. The van der Waals surface area contributed by atoms with Crippen LogP contribution in [0.3, 0.4) is 0 Å². The summed E-state index contributed by atoms with van der Waals surface area (Å²) in [7, 11) is 3.35. The monoisotopic (exact) mass is 359 g/mol. The van der Waals surface area contributed by atoms with Gasteiger partial charge >= 0.3 is 0 Å². The fraction of sp³-hybridized carbons (Fsp3) is 0.462. The van der Waals surface area contributed by atoms with Crippen molar-refractivity contribution in [2.45, 2.75) is 6.54 Å². The van der Waals surface area contributed by atoms with Crippen molar-refractivity contribution in [1.29, 1.82) is 0 Å². The number of amides is 1. The third-order valence-corrected chi connectivity index (χ3v) is 3.37. The van der Waals surface area contributed by atoms with Gasteiger partial charge < -0.3 is 10.1 Å². The third-order valence-electron chi connectivity index (χ3n) is 2.70. The first kappa shape index (κ1) is 17.5. The van der Waals surface area contributed by atoms with Crippen molar-refractivity contribution in [3.63, 3.8) is 0 Å². The molecule has 116 valence electrons. The number of nitro benzene ring substituents is 1. The van der Waals surface area contributed by atoms with Crippen LogP contribution in [0.4, 0.5) is 5.69 Å². The van der Waals surface area contributed by atoms with Crippen molar-refractivity contribution in [2.24, 2.45) is 0 Å². The summed E-state index contributed by atoms with van der Waals surface area (Å²) in [5.41, 5.74) is 0.794. The molecular weight excluding hydrogens is 342 g/mol. The molecule has 1 amide bonds. The van der Waals surface area contributed by atoms with E-state index in [0.29, 0.717) is 24.2 Å². The highest BCUT2D eigenvalue weighted by Crippen LogP contribution is 2.25. The number of likely N-dealkylation sites (N-methyl/N-ethyl adjacent to an activating group) is 1. The number of hydrogen-bond acceptors (Lipinski definition) is 5. The lowest BCUT2D eigenvalue weighted by Gasteiger charge is -2.16. The van der Waals surface area contributed by atoms with Crippen LogP contribution in [0, 0.1) is 10.1 Å². The van der Waals surface area contributed by atoms with Gasteiger partial charge in [-0.1, -0.05) is 6.07 Å². The molecule has 0 unspecified atom stereocenters. The van der Waals surface area contributed by atoms with Crippen LogP contribution in [0.15, 0.2) is 22.7 Å². The highest BCUT2D eigenvalue weighted by atomic mass is 79.9. The van der Waals surface area contributed by atoms with Gasteiger partial charge in [-0.05, 0) is 34.6 Å². The van der Waals surface area contributed by atoms with Gasteiger partial charge in [0.25, 0.3) is 5.69 Å². The number of nitrogens with zero attached hydrogens (tertiary/aromatic N) is 2. The normalized spacial score (nSPS) is 10.7. The SMILES string of the molecule is COCCNC(=O)CN(C)Cc1ccc(Br)c([N+](=O)[O-])c1. The van der Waals surface area contributed by atoms with Gasteiger partial charge in [0.2, 0.25) is 5.91 Å². The van der Waals surface area contributed by atoms with Crippen molar-refractivity contribution >= 4 is 27.5 Å². The summed E-state index contributed by atoms with van der Waals surface area (Å²) in [6.07, 6.45) is 0. The molecule has 1 rings (SSSR count). The number of nitro groups is 1. The second-order valence-corrected chi connectivity index (χ2v) is 5.41. The topological polar surface area (TPSA) is 84.7 Å². The van der Waals surface area contributed by atoms with Crippen molar-refractivity contribution in [3.05, 3.63) is 38.3 Å². The second kappa shape index (κ2) is 8.71. The van der Waals surface area contributed by atoms with Gasteiger partial charge in [-0.25, -0.2) is 0 Å². The van der Waals surface area contributed by atoms with Gasteiger partial charge in [0.1, 0.15) is 0 Å². The van der Waals surface area contributed by atoms with Gasteiger partial charge in [0, 0.05) is 26.3 Å². The lowest BCUT2D eigenvalue weighted by molar-refractivity contribution is -0.385. The molecule has 21 heavy (non-hydrogen) atoms. The Labute approximate surface area is 131 Å². The van der Waals surface area contributed by atoms with Crippen LogP contribution in [-0.4, -0.2) is 49.6 Å². The molecule has 0 aliphatic carbocycles.